The average Bonchev–Trinajstić information content (AvgIpc) is 2.37. The number of carbonyl (C=O) groups is 1. The third-order valence-corrected chi connectivity index (χ3v) is 2.89. The first-order chi connectivity index (χ1) is 9.38. The number of anilines is 1. The summed E-state index contributed by atoms with van der Waals surface area (Å²) in [6.45, 7) is 5.45. The number of hydrogen-bond acceptors (Lipinski definition) is 3. The van der Waals surface area contributed by atoms with E-state index in [1.165, 1.54) is 0 Å². The number of aliphatic hydroxyl groups is 1. The topological polar surface area (TPSA) is 58.6 Å². The number of nitrogens with one attached hydrogen (secondary N) is 1. The molecule has 1 rings (SSSR count). The Morgan fingerprint density at radius 1 is 1.45 bits per heavy atom. The number of rotatable bonds is 4. The second kappa shape index (κ2) is 7.09. The van der Waals surface area contributed by atoms with Gasteiger partial charge in [0.1, 0.15) is 6.61 Å². The molecule has 20 heavy (non-hydrogen) atoms. The van der Waals surface area contributed by atoms with Crippen LogP contribution in [0, 0.1) is 18.8 Å². The van der Waals surface area contributed by atoms with Gasteiger partial charge in [-0.3, -0.25) is 4.79 Å². The maximum Gasteiger partial charge on any atom is 0.227 e. The number of aryl methyl sites for hydroxylation is 1. The summed E-state index contributed by atoms with van der Waals surface area (Å²) in [6.07, 6.45) is 0.254. The Morgan fingerprint density at radius 3 is 2.75 bits per heavy atom. The maximum atomic E-state index is 12.0. The Morgan fingerprint density at radius 2 is 2.15 bits per heavy atom. The maximum absolute atomic E-state index is 12.0. The summed E-state index contributed by atoms with van der Waals surface area (Å²) in [7, 11) is 1.58. The minimum Gasteiger partial charge on any atom is -0.384 e. The number of ether oxygens (including phenoxy) is 1. The number of hydrogen-bond donors (Lipinski definition) is 2. The summed E-state index contributed by atoms with van der Waals surface area (Å²) < 4.78 is 5.24. The quantitative estimate of drug-likeness (QED) is 0.827. The molecule has 0 saturated heterocycles. The van der Waals surface area contributed by atoms with Crippen LogP contribution in [0.3, 0.4) is 0 Å². The Hall–Kier alpha value is -1.83. The number of carbonyl (C=O) groups excluding carboxylic acids is 1. The van der Waals surface area contributed by atoms with Crippen molar-refractivity contribution in [1.29, 1.82) is 0 Å². The minimum absolute atomic E-state index is 0.130. The molecule has 108 valence electrons. The van der Waals surface area contributed by atoms with Crippen LogP contribution in [0.15, 0.2) is 18.2 Å². The van der Waals surface area contributed by atoms with Crippen LogP contribution in [0.25, 0.3) is 0 Å². The van der Waals surface area contributed by atoms with Crippen molar-refractivity contribution in [3.05, 3.63) is 29.3 Å². The zero-order valence-electron chi connectivity index (χ0n) is 12.4. The van der Waals surface area contributed by atoms with E-state index in [-0.39, 0.29) is 18.9 Å². The van der Waals surface area contributed by atoms with Gasteiger partial charge >= 0.3 is 0 Å². The van der Waals surface area contributed by atoms with Crippen LogP contribution >= 0.6 is 0 Å². The third-order valence-electron chi connectivity index (χ3n) is 2.89. The summed E-state index contributed by atoms with van der Waals surface area (Å²) >= 11 is 0. The monoisotopic (exact) mass is 275 g/mol. The molecule has 0 heterocycles. The fourth-order valence-electron chi connectivity index (χ4n) is 1.66. The van der Waals surface area contributed by atoms with E-state index in [1.807, 2.05) is 39.0 Å². The fraction of sp³-hybridized carbons (Fsp3) is 0.438. The van der Waals surface area contributed by atoms with Crippen molar-refractivity contribution in [2.75, 3.05) is 19.0 Å². The van der Waals surface area contributed by atoms with Gasteiger partial charge in [0.05, 0.1) is 17.7 Å². The predicted octanol–water partition coefficient (Wildman–Crippen LogP) is 2.09. The summed E-state index contributed by atoms with van der Waals surface area (Å²) in [5.74, 6) is 5.28. The van der Waals surface area contributed by atoms with E-state index in [0.29, 0.717) is 11.3 Å². The Balaban J connectivity index is 2.90. The molecule has 1 amide bonds. The molecular weight excluding hydrogens is 254 g/mol. The number of aliphatic hydroxyl groups excluding tert-OH is 1. The van der Waals surface area contributed by atoms with Crippen LogP contribution in [-0.2, 0) is 9.53 Å². The summed E-state index contributed by atoms with van der Waals surface area (Å²) in [5.41, 5.74) is 1.86. The van der Waals surface area contributed by atoms with Crippen LogP contribution in [-0.4, -0.2) is 30.3 Å². The summed E-state index contributed by atoms with van der Waals surface area (Å²) in [6, 6.07) is 5.60. The Labute approximate surface area is 120 Å². The fourth-order valence-corrected chi connectivity index (χ4v) is 1.66. The van der Waals surface area contributed by atoms with Crippen LogP contribution in [0.1, 0.15) is 31.4 Å². The van der Waals surface area contributed by atoms with Crippen molar-refractivity contribution in [3.63, 3.8) is 0 Å². The Kier molecular flexibility index (Phi) is 5.75. The summed E-state index contributed by atoms with van der Waals surface area (Å²) in [5, 5.41) is 11.6. The molecule has 1 aromatic rings. The molecule has 0 saturated carbocycles. The lowest BCUT2D eigenvalue weighted by molar-refractivity contribution is -0.121. The van der Waals surface area contributed by atoms with Crippen molar-refractivity contribution >= 4 is 11.6 Å². The van der Waals surface area contributed by atoms with E-state index in [1.54, 1.807) is 7.11 Å². The lowest BCUT2D eigenvalue weighted by Gasteiger charge is -2.22. The highest BCUT2D eigenvalue weighted by Crippen LogP contribution is 2.19. The van der Waals surface area contributed by atoms with Gasteiger partial charge in [0, 0.05) is 12.7 Å². The van der Waals surface area contributed by atoms with Gasteiger partial charge in [0.2, 0.25) is 5.91 Å². The van der Waals surface area contributed by atoms with E-state index in [9.17, 15) is 4.79 Å². The molecular formula is C16H21NO3. The highest BCUT2D eigenvalue weighted by atomic mass is 16.5. The lowest BCUT2D eigenvalue weighted by Crippen LogP contribution is -2.29. The smallest absolute Gasteiger partial charge is 0.227 e. The first-order valence-electron chi connectivity index (χ1n) is 6.43. The molecule has 0 radical (unpaired) electrons. The molecule has 4 nitrogen and oxygen atoms in total. The predicted molar refractivity (Wildman–Crippen MR) is 79.5 cm³/mol. The van der Waals surface area contributed by atoms with Gasteiger partial charge in [-0.25, -0.2) is 0 Å². The highest BCUT2D eigenvalue weighted by molar-refractivity contribution is 5.92. The van der Waals surface area contributed by atoms with Crippen LogP contribution < -0.4 is 5.32 Å². The SMILES string of the molecule is COC(C)(C)CC(=O)Nc1cc(C)ccc1C#CCO. The molecule has 0 spiro atoms. The molecule has 4 heteroatoms. The molecule has 1 aromatic carbocycles. The van der Waals surface area contributed by atoms with Gasteiger partial charge in [0.25, 0.3) is 0 Å². The van der Waals surface area contributed by atoms with Gasteiger partial charge in [-0.2, -0.15) is 0 Å². The lowest BCUT2D eigenvalue weighted by atomic mass is 10.0. The third kappa shape index (κ3) is 5.04. The van der Waals surface area contributed by atoms with E-state index >= 15 is 0 Å². The Bertz CT molecular complexity index is 538. The average molecular weight is 275 g/mol. The molecule has 0 aromatic heterocycles. The van der Waals surface area contributed by atoms with Crippen LogP contribution in [0.5, 0.6) is 0 Å². The van der Waals surface area contributed by atoms with Gasteiger partial charge in [-0.1, -0.05) is 17.9 Å². The molecule has 0 aliphatic rings. The molecule has 0 aliphatic heterocycles. The normalized spacial score (nSPS) is 10.7. The van der Waals surface area contributed by atoms with Crippen molar-refractivity contribution < 1.29 is 14.6 Å². The molecule has 0 atom stereocenters. The summed E-state index contributed by atoms with van der Waals surface area (Å²) in [4.78, 5) is 12.0. The van der Waals surface area contributed by atoms with Gasteiger partial charge in [-0.15, -0.1) is 0 Å². The molecule has 0 bridgehead atoms. The molecule has 0 unspecified atom stereocenters. The molecule has 2 N–H and O–H groups in total. The van der Waals surface area contributed by atoms with E-state index in [2.05, 4.69) is 17.2 Å². The van der Waals surface area contributed by atoms with Crippen molar-refractivity contribution in [2.24, 2.45) is 0 Å². The van der Waals surface area contributed by atoms with Crippen LogP contribution in [0.4, 0.5) is 5.69 Å². The van der Waals surface area contributed by atoms with Gasteiger partial charge in [-0.05, 0) is 38.5 Å². The largest absolute Gasteiger partial charge is 0.384 e. The number of benzene rings is 1. The van der Waals surface area contributed by atoms with E-state index in [0.717, 1.165) is 5.56 Å². The second-order valence-electron chi connectivity index (χ2n) is 5.20. The minimum atomic E-state index is -0.509. The zero-order valence-corrected chi connectivity index (χ0v) is 12.4. The van der Waals surface area contributed by atoms with Gasteiger partial charge < -0.3 is 15.2 Å². The first-order valence-corrected chi connectivity index (χ1v) is 6.43. The number of methoxy groups -OCH3 is 1. The first kappa shape index (κ1) is 16.2. The van der Waals surface area contributed by atoms with Crippen LogP contribution in [0.2, 0.25) is 0 Å². The molecule has 0 fully saturated rings. The standard InChI is InChI=1S/C16H21NO3/c1-12-7-8-13(6-5-9-18)14(10-12)17-15(19)11-16(2,3)20-4/h7-8,10,18H,9,11H2,1-4H3,(H,17,19). The zero-order chi connectivity index (χ0) is 15.2. The van der Waals surface area contributed by atoms with E-state index in [4.69, 9.17) is 9.84 Å². The van der Waals surface area contributed by atoms with Gasteiger partial charge in [0.15, 0.2) is 0 Å². The number of amides is 1. The van der Waals surface area contributed by atoms with Crippen molar-refractivity contribution in [1.82, 2.24) is 0 Å². The highest BCUT2D eigenvalue weighted by Gasteiger charge is 2.21. The van der Waals surface area contributed by atoms with E-state index < -0.39 is 5.60 Å². The second-order valence-corrected chi connectivity index (χ2v) is 5.20. The molecule has 0 aliphatic carbocycles. The van der Waals surface area contributed by atoms with Crippen molar-refractivity contribution in [2.45, 2.75) is 32.8 Å². The van der Waals surface area contributed by atoms with Crippen molar-refractivity contribution in [3.8, 4) is 11.8 Å².